The van der Waals surface area contributed by atoms with Crippen molar-refractivity contribution in [2.24, 2.45) is 5.92 Å². The van der Waals surface area contributed by atoms with Gasteiger partial charge in [0.15, 0.2) is 11.6 Å². The fourth-order valence-electron chi connectivity index (χ4n) is 4.83. The SMILES string of the molecule is COc1c(N2C[C@@H]3CCC(=O)N[C@@H]3C2)c(F)cc2c(=O)c(C(=O)O)cn(C3CC3)c12. The predicted molar refractivity (Wildman–Crippen MR) is 107 cm³/mol. The van der Waals surface area contributed by atoms with Crippen LogP contribution in [0.1, 0.15) is 42.1 Å². The standard InChI is InChI=1S/C21H22FN3O5/c1-30-20-17-12(19(27)13(21(28)29)8-25(17)11-3-4-11)6-14(22)18(20)24-7-10-2-5-16(26)23-15(10)9-24/h6,8,10-11,15H,2-5,7,9H2,1H3,(H,23,26)(H,28,29)/t10-,15+/m0/s1. The third-order valence-electron chi connectivity index (χ3n) is 6.42. The molecule has 0 spiro atoms. The molecule has 3 heterocycles. The van der Waals surface area contributed by atoms with Gasteiger partial charge in [-0.2, -0.15) is 0 Å². The average molecular weight is 415 g/mol. The Morgan fingerprint density at radius 1 is 1.27 bits per heavy atom. The van der Waals surface area contributed by atoms with Gasteiger partial charge in [0, 0.05) is 31.7 Å². The molecule has 3 fully saturated rings. The van der Waals surface area contributed by atoms with Crippen molar-refractivity contribution in [3.8, 4) is 5.75 Å². The number of nitrogens with zero attached hydrogens (tertiary/aromatic N) is 2. The fraction of sp³-hybridized carbons (Fsp3) is 0.476. The number of rotatable bonds is 4. The molecule has 0 radical (unpaired) electrons. The van der Waals surface area contributed by atoms with Crippen molar-refractivity contribution in [2.75, 3.05) is 25.1 Å². The molecular formula is C21H22FN3O5. The zero-order chi connectivity index (χ0) is 21.2. The maximum atomic E-state index is 15.3. The number of aromatic nitrogens is 1. The van der Waals surface area contributed by atoms with Gasteiger partial charge in [-0.25, -0.2) is 9.18 Å². The van der Waals surface area contributed by atoms with Gasteiger partial charge in [-0.15, -0.1) is 0 Å². The third-order valence-corrected chi connectivity index (χ3v) is 6.42. The van der Waals surface area contributed by atoms with Gasteiger partial charge in [-0.05, 0) is 31.2 Å². The number of methoxy groups -OCH3 is 1. The number of carbonyl (C=O) groups excluding carboxylic acids is 1. The van der Waals surface area contributed by atoms with Gasteiger partial charge in [0.1, 0.15) is 11.3 Å². The van der Waals surface area contributed by atoms with Crippen molar-refractivity contribution in [2.45, 2.75) is 37.8 Å². The summed E-state index contributed by atoms with van der Waals surface area (Å²) < 4.78 is 22.7. The number of hydrogen-bond donors (Lipinski definition) is 2. The summed E-state index contributed by atoms with van der Waals surface area (Å²) in [4.78, 5) is 38.0. The molecule has 1 aromatic heterocycles. The Kier molecular flexibility index (Phi) is 4.23. The van der Waals surface area contributed by atoms with Crippen LogP contribution < -0.4 is 20.4 Å². The van der Waals surface area contributed by atoms with Crippen LogP contribution in [0.5, 0.6) is 5.75 Å². The van der Waals surface area contributed by atoms with E-state index in [4.69, 9.17) is 4.74 Å². The van der Waals surface area contributed by atoms with E-state index in [-0.39, 0.29) is 46.3 Å². The topological polar surface area (TPSA) is 101 Å². The second-order valence-corrected chi connectivity index (χ2v) is 8.33. The van der Waals surface area contributed by atoms with Crippen LogP contribution in [-0.2, 0) is 4.79 Å². The monoisotopic (exact) mass is 415 g/mol. The summed E-state index contributed by atoms with van der Waals surface area (Å²) in [5, 5.41) is 12.4. The second-order valence-electron chi connectivity index (χ2n) is 8.33. The number of anilines is 1. The Morgan fingerprint density at radius 3 is 2.70 bits per heavy atom. The molecule has 8 nitrogen and oxygen atoms in total. The molecule has 9 heteroatoms. The largest absolute Gasteiger partial charge is 0.492 e. The lowest BCUT2D eigenvalue weighted by Gasteiger charge is -2.24. The lowest BCUT2D eigenvalue weighted by Crippen LogP contribution is -2.44. The minimum atomic E-state index is -1.33. The number of benzene rings is 1. The highest BCUT2D eigenvalue weighted by Gasteiger charge is 2.39. The van der Waals surface area contributed by atoms with Gasteiger partial charge in [-0.3, -0.25) is 9.59 Å². The maximum Gasteiger partial charge on any atom is 0.341 e. The van der Waals surface area contributed by atoms with Crippen molar-refractivity contribution >= 4 is 28.5 Å². The first-order chi connectivity index (χ1) is 14.4. The number of halogens is 1. The first-order valence-electron chi connectivity index (χ1n) is 10.1. The Hall–Kier alpha value is -3.10. The summed E-state index contributed by atoms with van der Waals surface area (Å²) >= 11 is 0. The van der Waals surface area contributed by atoms with Crippen molar-refractivity contribution in [3.63, 3.8) is 0 Å². The first-order valence-corrected chi connectivity index (χ1v) is 10.1. The molecule has 2 aromatic rings. The fourth-order valence-corrected chi connectivity index (χ4v) is 4.83. The molecular weight excluding hydrogens is 393 g/mol. The van der Waals surface area contributed by atoms with Crippen molar-refractivity contribution in [1.82, 2.24) is 9.88 Å². The van der Waals surface area contributed by atoms with Gasteiger partial charge in [0.2, 0.25) is 11.3 Å². The molecule has 1 aliphatic carbocycles. The van der Waals surface area contributed by atoms with E-state index in [2.05, 4.69) is 5.32 Å². The van der Waals surface area contributed by atoms with Crippen molar-refractivity contribution in [3.05, 3.63) is 33.9 Å². The van der Waals surface area contributed by atoms with Crippen LogP contribution in [-0.4, -0.2) is 47.8 Å². The number of amides is 1. The van der Waals surface area contributed by atoms with E-state index in [1.165, 1.54) is 13.3 Å². The van der Waals surface area contributed by atoms with Gasteiger partial charge in [0.25, 0.3) is 0 Å². The van der Waals surface area contributed by atoms with Gasteiger partial charge in [0.05, 0.1) is 24.1 Å². The molecule has 5 rings (SSSR count). The lowest BCUT2D eigenvalue weighted by molar-refractivity contribution is -0.123. The van der Waals surface area contributed by atoms with E-state index in [1.54, 1.807) is 4.57 Å². The smallest absolute Gasteiger partial charge is 0.341 e. The molecule has 3 aliphatic rings. The Labute approximate surface area is 171 Å². The Balaban J connectivity index is 1.71. The number of carbonyl (C=O) groups is 2. The summed E-state index contributed by atoms with van der Waals surface area (Å²) in [5.41, 5.74) is -0.421. The molecule has 1 aromatic carbocycles. The molecule has 0 unspecified atom stereocenters. The van der Waals surface area contributed by atoms with Crippen LogP contribution in [0, 0.1) is 11.7 Å². The van der Waals surface area contributed by atoms with Gasteiger partial charge in [-0.1, -0.05) is 0 Å². The number of carboxylic acid groups (broad SMARTS) is 1. The number of nitrogens with one attached hydrogen (secondary N) is 1. The molecule has 2 N–H and O–H groups in total. The van der Waals surface area contributed by atoms with Crippen LogP contribution in [0.4, 0.5) is 10.1 Å². The van der Waals surface area contributed by atoms with Gasteiger partial charge >= 0.3 is 5.97 Å². The number of aromatic carboxylic acids is 1. The zero-order valence-electron chi connectivity index (χ0n) is 16.5. The molecule has 30 heavy (non-hydrogen) atoms. The average Bonchev–Trinajstić information content (AvgIpc) is 3.46. The molecule has 2 atom stereocenters. The van der Waals surface area contributed by atoms with E-state index >= 15 is 4.39 Å². The van der Waals surface area contributed by atoms with Crippen LogP contribution in [0.2, 0.25) is 0 Å². The van der Waals surface area contributed by atoms with E-state index in [0.717, 1.165) is 25.3 Å². The Bertz CT molecular complexity index is 1140. The minimum Gasteiger partial charge on any atom is -0.492 e. The number of fused-ring (bicyclic) bond motifs is 2. The summed E-state index contributed by atoms with van der Waals surface area (Å²) in [6, 6.07) is 1.13. The molecule has 158 valence electrons. The van der Waals surface area contributed by atoms with E-state index in [1.807, 2.05) is 4.90 Å². The second kappa shape index (κ2) is 6.72. The van der Waals surface area contributed by atoms with Crippen molar-refractivity contribution in [1.29, 1.82) is 0 Å². The molecule has 1 amide bonds. The summed E-state index contributed by atoms with van der Waals surface area (Å²) in [5.74, 6) is -1.50. The number of hydrogen-bond acceptors (Lipinski definition) is 5. The highest BCUT2D eigenvalue weighted by Crippen LogP contribution is 2.45. The Morgan fingerprint density at radius 2 is 2.03 bits per heavy atom. The van der Waals surface area contributed by atoms with Crippen LogP contribution >= 0.6 is 0 Å². The van der Waals surface area contributed by atoms with Crippen LogP contribution in [0.15, 0.2) is 17.1 Å². The highest BCUT2D eigenvalue weighted by molar-refractivity contribution is 5.97. The molecule has 0 bridgehead atoms. The quantitative estimate of drug-likeness (QED) is 0.791. The van der Waals surface area contributed by atoms with Gasteiger partial charge < -0.3 is 24.6 Å². The molecule has 1 saturated carbocycles. The number of carboxylic acids is 1. The summed E-state index contributed by atoms with van der Waals surface area (Å²) in [7, 11) is 1.43. The third kappa shape index (κ3) is 2.83. The number of pyridine rings is 1. The first kappa shape index (κ1) is 18.9. The van der Waals surface area contributed by atoms with Crippen LogP contribution in [0.25, 0.3) is 10.9 Å². The van der Waals surface area contributed by atoms with E-state index < -0.39 is 17.2 Å². The van der Waals surface area contributed by atoms with Crippen molar-refractivity contribution < 1.29 is 23.8 Å². The highest BCUT2D eigenvalue weighted by atomic mass is 19.1. The van der Waals surface area contributed by atoms with E-state index in [0.29, 0.717) is 25.0 Å². The lowest BCUT2D eigenvalue weighted by atomic mass is 9.94. The molecule has 2 aliphatic heterocycles. The van der Waals surface area contributed by atoms with E-state index in [9.17, 15) is 19.5 Å². The minimum absolute atomic E-state index is 0.00446. The maximum absolute atomic E-state index is 15.3. The van der Waals surface area contributed by atoms with Crippen LogP contribution in [0.3, 0.4) is 0 Å². The number of piperidine rings is 1. The predicted octanol–water partition coefficient (Wildman–Crippen LogP) is 1.90. The molecule has 2 saturated heterocycles. The summed E-state index contributed by atoms with van der Waals surface area (Å²) in [6.07, 6.45) is 4.27. The summed E-state index contributed by atoms with van der Waals surface area (Å²) in [6.45, 7) is 1.03. The number of ether oxygens (including phenoxy) is 1. The zero-order valence-corrected chi connectivity index (χ0v) is 16.5. The normalized spacial score (nSPS) is 23.4.